The largest absolute Gasteiger partial charge is 0.507 e. The van der Waals surface area contributed by atoms with Crippen LogP contribution in [0, 0.1) is 13.8 Å². The molecule has 3 amide bonds. The molecule has 3 rings (SSSR count). The molecule has 0 spiro atoms. The molecule has 21 heavy (non-hydrogen) atoms. The molecule has 1 aromatic rings. The van der Waals surface area contributed by atoms with E-state index in [-0.39, 0.29) is 11.9 Å². The molecule has 0 aromatic carbocycles. The van der Waals surface area contributed by atoms with Crippen molar-refractivity contribution >= 4 is 23.8 Å². The summed E-state index contributed by atoms with van der Waals surface area (Å²) < 4.78 is 7.34. The smallest absolute Gasteiger partial charge is 0.389 e. The van der Waals surface area contributed by atoms with Crippen LogP contribution in [0.2, 0.25) is 0 Å². The van der Waals surface area contributed by atoms with Crippen molar-refractivity contribution in [2.45, 2.75) is 39.7 Å². The molecule has 0 aliphatic carbocycles. The molecule has 7 nitrogen and oxygen atoms in total. The Morgan fingerprint density at radius 1 is 1.33 bits per heavy atom. The van der Waals surface area contributed by atoms with E-state index >= 15 is 0 Å². The summed E-state index contributed by atoms with van der Waals surface area (Å²) in [5.41, 5.74) is 0.861. The molecule has 1 aromatic heterocycles. The summed E-state index contributed by atoms with van der Waals surface area (Å²) in [7, 11) is 1.65. The van der Waals surface area contributed by atoms with E-state index in [2.05, 4.69) is 4.99 Å². The molecule has 1 unspecified atom stereocenters. The minimum atomic E-state index is -0.586. The molecule has 2 aliphatic heterocycles. The zero-order chi connectivity index (χ0) is 15.3. The van der Waals surface area contributed by atoms with Crippen molar-refractivity contribution in [1.29, 1.82) is 0 Å². The van der Waals surface area contributed by atoms with Gasteiger partial charge in [-0.2, -0.15) is 4.57 Å². The molecule has 112 valence electrons. The Morgan fingerprint density at radius 2 is 2.05 bits per heavy atom. The number of carbonyl (C=O) groups excluding carboxylic acids is 2. The van der Waals surface area contributed by atoms with Crippen LogP contribution in [-0.4, -0.2) is 41.2 Å². The SMILES string of the molecule is CCCCN1C(=O)C2C(=Nc3oc(C)c(C)[n+]32)N(C)C1=O. The quantitative estimate of drug-likeness (QED) is 0.792. The highest BCUT2D eigenvalue weighted by Gasteiger charge is 2.55. The molecule has 0 radical (unpaired) electrons. The molecule has 1 saturated heterocycles. The van der Waals surface area contributed by atoms with Gasteiger partial charge in [0, 0.05) is 25.5 Å². The monoisotopic (exact) mass is 291 g/mol. The first kappa shape index (κ1) is 13.8. The lowest BCUT2D eigenvalue weighted by atomic mass is 10.1. The molecular weight excluding hydrogens is 272 g/mol. The fraction of sp³-hybridized carbons (Fsp3) is 0.571. The molecule has 1 fully saturated rings. The zero-order valence-electron chi connectivity index (χ0n) is 12.7. The maximum absolute atomic E-state index is 12.7. The lowest BCUT2D eigenvalue weighted by molar-refractivity contribution is -0.685. The first-order valence-corrected chi connectivity index (χ1v) is 7.16. The van der Waals surface area contributed by atoms with Crippen molar-refractivity contribution in [2.24, 2.45) is 4.99 Å². The summed E-state index contributed by atoms with van der Waals surface area (Å²) in [6.07, 6.45) is 1.72. The van der Waals surface area contributed by atoms with Gasteiger partial charge in [-0.3, -0.25) is 14.6 Å². The summed E-state index contributed by atoms with van der Waals surface area (Å²) >= 11 is 0. The van der Waals surface area contributed by atoms with E-state index < -0.39 is 6.04 Å². The lowest BCUT2D eigenvalue weighted by Crippen LogP contribution is -2.63. The Bertz CT molecular complexity index is 661. The summed E-state index contributed by atoms with van der Waals surface area (Å²) in [5.74, 6) is 0.956. The Hall–Kier alpha value is -2.18. The number of aliphatic imine (C=N–C) groups is 1. The number of hydrogen-bond donors (Lipinski definition) is 0. The number of urea groups is 1. The number of amidine groups is 1. The van der Waals surface area contributed by atoms with Gasteiger partial charge >= 0.3 is 12.0 Å². The van der Waals surface area contributed by atoms with E-state index in [1.807, 2.05) is 20.8 Å². The van der Waals surface area contributed by atoms with Crippen molar-refractivity contribution in [3.63, 3.8) is 0 Å². The van der Waals surface area contributed by atoms with E-state index in [1.165, 1.54) is 9.80 Å². The van der Waals surface area contributed by atoms with Gasteiger partial charge < -0.3 is 4.42 Å². The van der Waals surface area contributed by atoms with Crippen molar-refractivity contribution in [3.8, 4) is 0 Å². The number of oxazole rings is 1. The zero-order valence-corrected chi connectivity index (χ0v) is 12.7. The summed E-state index contributed by atoms with van der Waals surface area (Å²) in [6, 6.07) is -0.518. The van der Waals surface area contributed by atoms with Gasteiger partial charge in [0.2, 0.25) is 0 Å². The number of likely N-dealkylation sites (N-methyl/N-ethyl adjacent to an activating group) is 1. The van der Waals surface area contributed by atoms with Crippen molar-refractivity contribution in [3.05, 3.63) is 11.5 Å². The predicted molar refractivity (Wildman–Crippen MR) is 74.3 cm³/mol. The number of unbranched alkanes of at least 4 members (excludes halogenated alkanes) is 1. The van der Waals surface area contributed by atoms with Crippen LogP contribution in [0.15, 0.2) is 9.41 Å². The second-order valence-corrected chi connectivity index (χ2v) is 5.45. The number of aryl methyl sites for hydroxylation is 1. The molecule has 0 bridgehead atoms. The van der Waals surface area contributed by atoms with Gasteiger partial charge in [-0.05, 0) is 13.3 Å². The Morgan fingerprint density at radius 3 is 2.71 bits per heavy atom. The number of rotatable bonds is 3. The van der Waals surface area contributed by atoms with E-state index in [9.17, 15) is 9.59 Å². The van der Waals surface area contributed by atoms with Crippen LogP contribution < -0.4 is 4.57 Å². The van der Waals surface area contributed by atoms with Gasteiger partial charge in [0.25, 0.3) is 17.8 Å². The first-order valence-electron chi connectivity index (χ1n) is 7.16. The number of carbonyl (C=O) groups is 2. The normalized spacial score (nSPS) is 20.8. The topological polar surface area (TPSA) is 70.0 Å². The van der Waals surface area contributed by atoms with E-state index in [0.717, 1.165) is 24.3 Å². The molecule has 7 heteroatoms. The molecule has 3 heterocycles. The number of imide groups is 1. The van der Waals surface area contributed by atoms with Crippen LogP contribution in [0.25, 0.3) is 0 Å². The van der Waals surface area contributed by atoms with E-state index in [1.54, 1.807) is 11.6 Å². The van der Waals surface area contributed by atoms with Crippen LogP contribution in [0.3, 0.4) is 0 Å². The fourth-order valence-corrected chi connectivity index (χ4v) is 2.75. The maximum Gasteiger partial charge on any atom is 0.507 e. The molecule has 0 N–H and O–H groups in total. The number of fused-ring (bicyclic) bond motifs is 3. The minimum absolute atomic E-state index is 0.224. The van der Waals surface area contributed by atoms with Gasteiger partial charge in [0.1, 0.15) is 5.69 Å². The van der Waals surface area contributed by atoms with Gasteiger partial charge in [-0.15, -0.1) is 0 Å². The van der Waals surface area contributed by atoms with Crippen LogP contribution in [0.1, 0.15) is 37.3 Å². The summed E-state index contributed by atoms with van der Waals surface area (Å²) in [4.78, 5) is 32.1. The molecular formula is C14H19N4O3+. The number of hydrogen-bond acceptors (Lipinski definition) is 4. The van der Waals surface area contributed by atoms with Crippen LogP contribution in [0.4, 0.5) is 10.8 Å². The summed E-state index contributed by atoms with van der Waals surface area (Å²) in [5, 5.41) is 0. The predicted octanol–water partition coefficient (Wildman–Crippen LogP) is 1.46. The van der Waals surface area contributed by atoms with E-state index in [4.69, 9.17) is 4.42 Å². The number of aromatic nitrogens is 1. The first-order chi connectivity index (χ1) is 9.97. The van der Waals surface area contributed by atoms with Crippen molar-refractivity contribution in [2.75, 3.05) is 13.6 Å². The second kappa shape index (κ2) is 4.68. The van der Waals surface area contributed by atoms with Gasteiger partial charge in [-0.1, -0.05) is 13.3 Å². The number of amides is 3. The molecule has 1 atom stereocenters. The van der Waals surface area contributed by atoms with Crippen LogP contribution >= 0.6 is 0 Å². The van der Waals surface area contributed by atoms with Crippen molar-refractivity contribution in [1.82, 2.24) is 9.80 Å². The van der Waals surface area contributed by atoms with Crippen LogP contribution in [-0.2, 0) is 4.79 Å². The van der Waals surface area contributed by atoms with E-state index in [0.29, 0.717) is 18.4 Å². The van der Waals surface area contributed by atoms with Gasteiger partial charge in [0.05, 0.1) is 0 Å². The highest BCUT2D eigenvalue weighted by Crippen LogP contribution is 2.30. The standard InChI is InChI=1S/C14H19N4O3/c1-5-6-7-17-12(19)10-11(16(4)14(17)20)15-13-18(10)8(2)9(3)21-13/h10H,5-7H2,1-4H3/q+1. The average molecular weight is 291 g/mol. The number of nitrogens with zero attached hydrogens (tertiary/aromatic N) is 4. The lowest BCUT2D eigenvalue weighted by Gasteiger charge is -2.32. The van der Waals surface area contributed by atoms with Crippen molar-refractivity contribution < 1.29 is 18.6 Å². The highest BCUT2D eigenvalue weighted by molar-refractivity contribution is 6.18. The average Bonchev–Trinajstić information content (AvgIpc) is 2.95. The summed E-state index contributed by atoms with van der Waals surface area (Å²) in [6.45, 7) is 6.20. The third-order valence-electron chi connectivity index (χ3n) is 4.13. The Balaban J connectivity index is 2.04. The Kier molecular flexibility index (Phi) is 3.07. The third kappa shape index (κ3) is 1.80. The van der Waals surface area contributed by atoms with Gasteiger partial charge in [-0.25, -0.2) is 4.79 Å². The third-order valence-corrected chi connectivity index (χ3v) is 4.13. The second-order valence-electron chi connectivity index (χ2n) is 5.45. The molecule has 0 saturated carbocycles. The highest BCUT2D eigenvalue weighted by atomic mass is 16.4. The minimum Gasteiger partial charge on any atom is -0.389 e. The maximum atomic E-state index is 12.7. The molecule has 2 aliphatic rings. The fourth-order valence-electron chi connectivity index (χ4n) is 2.75. The van der Waals surface area contributed by atoms with Crippen LogP contribution in [0.5, 0.6) is 0 Å². The van der Waals surface area contributed by atoms with Gasteiger partial charge in [0.15, 0.2) is 5.76 Å². The Labute approximate surface area is 122 Å².